The second kappa shape index (κ2) is 7.02. The summed E-state index contributed by atoms with van der Waals surface area (Å²) in [5.74, 6) is 1.49. The van der Waals surface area contributed by atoms with Crippen LogP contribution in [-0.2, 0) is 13.0 Å². The lowest BCUT2D eigenvalue weighted by molar-refractivity contribution is 0.140. The van der Waals surface area contributed by atoms with E-state index in [2.05, 4.69) is 17.4 Å². The molecule has 0 heterocycles. The predicted molar refractivity (Wildman–Crippen MR) is 89.9 cm³/mol. The van der Waals surface area contributed by atoms with Crippen molar-refractivity contribution in [3.05, 3.63) is 59.2 Å². The van der Waals surface area contributed by atoms with Crippen LogP contribution in [0.4, 0.5) is 0 Å². The van der Waals surface area contributed by atoms with Gasteiger partial charge in [-0.2, -0.15) is 0 Å². The Hall–Kier alpha value is -2.04. The third-order valence-corrected chi connectivity index (χ3v) is 4.26. The van der Waals surface area contributed by atoms with Crippen LogP contribution in [-0.4, -0.2) is 24.9 Å². The Balaban J connectivity index is 1.71. The number of fused-ring (bicyclic) bond motifs is 1. The molecule has 0 aliphatic heterocycles. The van der Waals surface area contributed by atoms with Gasteiger partial charge >= 0.3 is 0 Å². The number of hydrogen-bond donors (Lipinski definition) is 2. The maximum absolute atomic E-state index is 10.3. The fourth-order valence-electron chi connectivity index (χ4n) is 3.14. The third kappa shape index (κ3) is 3.33. The average molecular weight is 313 g/mol. The first-order chi connectivity index (χ1) is 11.2. The number of aliphatic hydroxyl groups excluding tert-OH is 1. The first-order valence-corrected chi connectivity index (χ1v) is 8.02. The summed E-state index contributed by atoms with van der Waals surface area (Å²) >= 11 is 0. The van der Waals surface area contributed by atoms with Crippen LogP contribution in [0.3, 0.4) is 0 Å². The monoisotopic (exact) mass is 313 g/mol. The Kier molecular flexibility index (Phi) is 4.84. The summed E-state index contributed by atoms with van der Waals surface area (Å²) in [6.45, 7) is 3.23. The summed E-state index contributed by atoms with van der Waals surface area (Å²) in [6.07, 6.45) is 0.331. The van der Waals surface area contributed by atoms with E-state index < -0.39 is 0 Å². The van der Waals surface area contributed by atoms with Crippen LogP contribution in [0.2, 0.25) is 0 Å². The molecular formula is C19H23NO3. The van der Waals surface area contributed by atoms with E-state index in [0.717, 1.165) is 17.1 Å². The van der Waals surface area contributed by atoms with Crippen molar-refractivity contribution in [3.8, 4) is 11.5 Å². The molecule has 23 heavy (non-hydrogen) atoms. The molecule has 0 radical (unpaired) electrons. The minimum atomic E-state index is -0.378. The molecule has 2 N–H and O–H groups in total. The highest BCUT2D eigenvalue weighted by Gasteiger charge is 2.30. The Morgan fingerprint density at radius 1 is 1.17 bits per heavy atom. The van der Waals surface area contributed by atoms with Gasteiger partial charge in [-0.15, -0.1) is 0 Å². The van der Waals surface area contributed by atoms with E-state index in [1.54, 1.807) is 7.11 Å². The highest BCUT2D eigenvalue weighted by atomic mass is 16.5. The highest BCUT2D eigenvalue weighted by molar-refractivity contribution is 5.43. The maximum atomic E-state index is 10.3. The molecular weight excluding hydrogens is 290 g/mol. The van der Waals surface area contributed by atoms with Gasteiger partial charge in [-0.25, -0.2) is 0 Å². The number of rotatable bonds is 6. The van der Waals surface area contributed by atoms with Crippen molar-refractivity contribution in [1.29, 1.82) is 0 Å². The predicted octanol–water partition coefficient (Wildman–Crippen LogP) is 2.84. The smallest absolute Gasteiger partial charge is 0.161 e. The Morgan fingerprint density at radius 2 is 2.00 bits per heavy atom. The summed E-state index contributed by atoms with van der Waals surface area (Å²) in [7, 11) is 1.64. The first-order valence-electron chi connectivity index (χ1n) is 8.02. The van der Waals surface area contributed by atoms with Crippen molar-refractivity contribution >= 4 is 0 Å². The van der Waals surface area contributed by atoms with Gasteiger partial charge in [-0.05, 0) is 35.7 Å². The number of hydrogen-bond acceptors (Lipinski definition) is 4. The molecule has 2 atom stereocenters. The van der Waals surface area contributed by atoms with Crippen LogP contribution in [0.5, 0.6) is 11.5 Å². The molecule has 0 unspecified atom stereocenters. The van der Waals surface area contributed by atoms with Gasteiger partial charge in [0.05, 0.1) is 25.9 Å². The van der Waals surface area contributed by atoms with E-state index in [-0.39, 0.29) is 12.1 Å². The van der Waals surface area contributed by atoms with Gasteiger partial charge in [0.15, 0.2) is 11.5 Å². The zero-order chi connectivity index (χ0) is 16.2. The van der Waals surface area contributed by atoms with Gasteiger partial charge in [-0.1, -0.05) is 30.3 Å². The second-order valence-corrected chi connectivity index (χ2v) is 5.75. The van der Waals surface area contributed by atoms with Crippen LogP contribution in [0.1, 0.15) is 29.7 Å². The van der Waals surface area contributed by atoms with Crippen molar-refractivity contribution in [2.45, 2.75) is 32.0 Å². The van der Waals surface area contributed by atoms with Gasteiger partial charge in [0.2, 0.25) is 0 Å². The summed E-state index contributed by atoms with van der Waals surface area (Å²) < 4.78 is 10.9. The largest absolute Gasteiger partial charge is 0.493 e. The van der Waals surface area contributed by atoms with Crippen LogP contribution in [0, 0.1) is 0 Å². The standard InChI is InChI=1S/C19H23NO3/c1-3-23-17-9-8-13(10-18(17)22-2)12-20-19-15-7-5-4-6-14(15)11-16(19)21/h4-10,16,19-21H,3,11-12H2,1-2H3/t16-,19+/m0/s1. The van der Waals surface area contributed by atoms with Gasteiger partial charge in [0, 0.05) is 13.0 Å². The molecule has 0 fully saturated rings. The second-order valence-electron chi connectivity index (χ2n) is 5.75. The Morgan fingerprint density at radius 3 is 2.78 bits per heavy atom. The van der Waals surface area contributed by atoms with Crippen molar-refractivity contribution in [1.82, 2.24) is 5.32 Å². The van der Waals surface area contributed by atoms with Gasteiger partial charge in [-0.3, -0.25) is 0 Å². The summed E-state index contributed by atoms with van der Waals surface area (Å²) in [4.78, 5) is 0. The van der Waals surface area contributed by atoms with Crippen LogP contribution in [0.25, 0.3) is 0 Å². The molecule has 122 valence electrons. The Labute approximate surface area is 137 Å². The number of aliphatic hydroxyl groups is 1. The number of methoxy groups -OCH3 is 1. The van der Waals surface area contributed by atoms with E-state index in [4.69, 9.17) is 9.47 Å². The molecule has 4 heteroatoms. The van der Waals surface area contributed by atoms with E-state index >= 15 is 0 Å². The maximum Gasteiger partial charge on any atom is 0.161 e. The lowest BCUT2D eigenvalue weighted by Gasteiger charge is -2.18. The van der Waals surface area contributed by atoms with Crippen molar-refractivity contribution < 1.29 is 14.6 Å². The first kappa shape index (κ1) is 15.8. The van der Waals surface area contributed by atoms with Crippen molar-refractivity contribution in [2.24, 2.45) is 0 Å². The Bertz CT molecular complexity index is 671. The topological polar surface area (TPSA) is 50.7 Å². The fourth-order valence-corrected chi connectivity index (χ4v) is 3.14. The van der Waals surface area contributed by atoms with E-state index in [9.17, 15) is 5.11 Å². The van der Waals surface area contributed by atoms with Crippen molar-refractivity contribution in [2.75, 3.05) is 13.7 Å². The highest BCUT2D eigenvalue weighted by Crippen LogP contribution is 2.32. The summed E-state index contributed by atoms with van der Waals surface area (Å²) in [5, 5.41) is 13.8. The lowest BCUT2D eigenvalue weighted by Crippen LogP contribution is -2.28. The molecule has 0 saturated carbocycles. The zero-order valence-electron chi connectivity index (χ0n) is 13.6. The number of nitrogens with one attached hydrogen (secondary N) is 1. The third-order valence-electron chi connectivity index (χ3n) is 4.26. The lowest BCUT2D eigenvalue weighted by atomic mass is 10.1. The molecule has 0 aromatic heterocycles. The zero-order valence-corrected chi connectivity index (χ0v) is 13.6. The molecule has 0 saturated heterocycles. The molecule has 0 bridgehead atoms. The van der Waals surface area contributed by atoms with E-state index in [1.165, 1.54) is 11.1 Å². The van der Waals surface area contributed by atoms with Gasteiger partial charge in [0.1, 0.15) is 0 Å². The van der Waals surface area contributed by atoms with Gasteiger partial charge in [0.25, 0.3) is 0 Å². The van der Waals surface area contributed by atoms with Crippen LogP contribution < -0.4 is 14.8 Å². The van der Waals surface area contributed by atoms with E-state index in [1.807, 2.05) is 37.3 Å². The molecule has 4 nitrogen and oxygen atoms in total. The SMILES string of the molecule is CCOc1ccc(CN[C@@H]2c3ccccc3C[C@@H]2O)cc1OC. The molecule has 2 aromatic carbocycles. The molecule has 3 rings (SSSR count). The molecule has 0 amide bonds. The van der Waals surface area contributed by atoms with Gasteiger partial charge < -0.3 is 19.9 Å². The number of ether oxygens (including phenoxy) is 2. The minimum Gasteiger partial charge on any atom is -0.493 e. The molecule has 1 aliphatic rings. The van der Waals surface area contributed by atoms with Crippen molar-refractivity contribution in [3.63, 3.8) is 0 Å². The number of benzene rings is 2. The van der Waals surface area contributed by atoms with Crippen LogP contribution in [0.15, 0.2) is 42.5 Å². The molecule has 1 aliphatic carbocycles. The summed E-state index contributed by atoms with van der Waals surface area (Å²) in [5.41, 5.74) is 3.52. The van der Waals surface area contributed by atoms with Crippen LogP contribution >= 0.6 is 0 Å². The fraction of sp³-hybridized carbons (Fsp3) is 0.368. The average Bonchev–Trinajstić information content (AvgIpc) is 2.89. The van der Waals surface area contributed by atoms with E-state index in [0.29, 0.717) is 19.6 Å². The minimum absolute atomic E-state index is 0.0243. The molecule has 0 spiro atoms. The summed E-state index contributed by atoms with van der Waals surface area (Å²) in [6, 6.07) is 14.1. The normalized spacial score (nSPS) is 19.4. The quantitative estimate of drug-likeness (QED) is 0.861. The molecule has 2 aromatic rings.